The molecular weight excluding hydrogens is 254 g/mol. The van der Waals surface area contributed by atoms with E-state index in [4.69, 9.17) is 9.47 Å². The minimum Gasteiger partial charge on any atom is -0.478 e. The molecule has 0 fully saturated rings. The second-order valence-electron chi connectivity index (χ2n) is 4.34. The van der Waals surface area contributed by atoms with Crippen molar-refractivity contribution in [2.45, 2.75) is 20.4 Å². The van der Waals surface area contributed by atoms with E-state index < -0.39 is 0 Å². The van der Waals surface area contributed by atoms with Crippen molar-refractivity contribution in [3.8, 4) is 17.6 Å². The van der Waals surface area contributed by atoms with E-state index in [0.29, 0.717) is 24.2 Å². The van der Waals surface area contributed by atoms with Crippen LogP contribution in [-0.2, 0) is 6.54 Å². The van der Waals surface area contributed by atoms with E-state index in [2.05, 4.69) is 15.3 Å². The Kier molecular flexibility index (Phi) is 4.90. The predicted octanol–water partition coefficient (Wildman–Crippen LogP) is 2.70. The average Bonchev–Trinajstić information content (AvgIpc) is 2.41. The lowest BCUT2D eigenvalue weighted by atomic mass is 10.2. The lowest BCUT2D eigenvalue weighted by Gasteiger charge is -2.08. The van der Waals surface area contributed by atoms with Crippen molar-refractivity contribution < 1.29 is 9.47 Å². The fraction of sp³-hybridized carbons (Fsp3) is 0.333. The molecule has 0 radical (unpaired) electrons. The zero-order chi connectivity index (χ0) is 14.4. The molecule has 106 valence electrons. The molecule has 0 aliphatic carbocycles. The van der Waals surface area contributed by atoms with E-state index in [9.17, 15) is 0 Å². The number of nitrogens with one attached hydrogen (secondary N) is 1. The molecule has 20 heavy (non-hydrogen) atoms. The summed E-state index contributed by atoms with van der Waals surface area (Å²) < 4.78 is 11.0. The Balaban J connectivity index is 2.12. The highest BCUT2D eigenvalue weighted by molar-refractivity contribution is 5.30. The van der Waals surface area contributed by atoms with Gasteiger partial charge in [-0.05, 0) is 38.6 Å². The maximum Gasteiger partial charge on any atom is 0.325 e. The first kappa shape index (κ1) is 14.3. The van der Waals surface area contributed by atoms with E-state index in [0.717, 1.165) is 12.2 Å². The van der Waals surface area contributed by atoms with Crippen molar-refractivity contribution in [1.82, 2.24) is 15.3 Å². The van der Waals surface area contributed by atoms with Crippen molar-refractivity contribution in [2.75, 3.05) is 13.7 Å². The Labute approximate surface area is 119 Å². The lowest BCUT2D eigenvalue weighted by molar-refractivity contribution is 0.317. The normalized spacial score (nSPS) is 10.3. The highest BCUT2D eigenvalue weighted by Gasteiger charge is 2.05. The summed E-state index contributed by atoms with van der Waals surface area (Å²) in [5, 5.41) is 3.10. The first-order chi connectivity index (χ1) is 9.71. The van der Waals surface area contributed by atoms with Crippen LogP contribution in [0.2, 0.25) is 0 Å². The molecule has 0 saturated heterocycles. The SMILES string of the molecule is CCOc1cc(C)nc(Oc2ccc(CNC)cc2)n1. The van der Waals surface area contributed by atoms with E-state index in [1.54, 1.807) is 6.07 Å². The highest BCUT2D eigenvalue weighted by Crippen LogP contribution is 2.21. The van der Waals surface area contributed by atoms with Gasteiger partial charge in [-0.2, -0.15) is 9.97 Å². The van der Waals surface area contributed by atoms with Gasteiger partial charge in [-0.15, -0.1) is 0 Å². The Bertz CT molecular complexity index is 556. The van der Waals surface area contributed by atoms with Crippen LogP contribution in [0.25, 0.3) is 0 Å². The van der Waals surface area contributed by atoms with Gasteiger partial charge >= 0.3 is 6.01 Å². The van der Waals surface area contributed by atoms with Gasteiger partial charge in [0.25, 0.3) is 0 Å². The molecule has 1 heterocycles. The van der Waals surface area contributed by atoms with Gasteiger partial charge in [-0.25, -0.2) is 0 Å². The molecule has 1 N–H and O–H groups in total. The fourth-order valence-electron chi connectivity index (χ4n) is 1.77. The molecule has 2 rings (SSSR count). The van der Waals surface area contributed by atoms with Crippen LogP contribution in [0.3, 0.4) is 0 Å². The van der Waals surface area contributed by atoms with Crippen molar-refractivity contribution >= 4 is 0 Å². The summed E-state index contributed by atoms with van der Waals surface area (Å²) in [5.74, 6) is 1.24. The third kappa shape index (κ3) is 3.93. The van der Waals surface area contributed by atoms with Crippen LogP contribution in [-0.4, -0.2) is 23.6 Å². The van der Waals surface area contributed by atoms with Gasteiger partial charge in [0.1, 0.15) is 5.75 Å². The molecular formula is C15H19N3O2. The molecule has 0 unspecified atom stereocenters. The van der Waals surface area contributed by atoms with E-state index in [-0.39, 0.29) is 0 Å². The molecule has 1 aromatic carbocycles. The van der Waals surface area contributed by atoms with Crippen LogP contribution in [0.4, 0.5) is 0 Å². The summed E-state index contributed by atoms with van der Waals surface area (Å²) in [5.41, 5.74) is 2.00. The molecule has 1 aromatic heterocycles. The minimum atomic E-state index is 0.301. The fourth-order valence-corrected chi connectivity index (χ4v) is 1.77. The standard InChI is InChI=1S/C15H19N3O2/c1-4-19-14-9-11(2)17-15(18-14)20-13-7-5-12(6-8-13)10-16-3/h5-9,16H,4,10H2,1-3H3. The predicted molar refractivity (Wildman–Crippen MR) is 77.2 cm³/mol. The van der Waals surface area contributed by atoms with Gasteiger partial charge in [0.05, 0.1) is 6.61 Å². The van der Waals surface area contributed by atoms with Crippen LogP contribution >= 0.6 is 0 Å². The number of aromatic nitrogens is 2. The Hall–Kier alpha value is -2.14. The number of hydrogen-bond acceptors (Lipinski definition) is 5. The summed E-state index contributed by atoms with van der Waals surface area (Å²) in [4.78, 5) is 8.45. The molecule has 0 bridgehead atoms. The number of hydrogen-bond donors (Lipinski definition) is 1. The molecule has 0 spiro atoms. The highest BCUT2D eigenvalue weighted by atomic mass is 16.5. The van der Waals surface area contributed by atoms with Gasteiger partial charge in [0.2, 0.25) is 5.88 Å². The van der Waals surface area contributed by atoms with Crippen LogP contribution < -0.4 is 14.8 Å². The zero-order valence-corrected chi connectivity index (χ0v) is 12.0. The van der Waals surface area contributed by atoms with Gasteiger partial charge in [-0.1, -0.05) is 12.1 Å². The molecule has 0 aliphatic heterocycles. The maximum absolute atomic E-state index is 5.66. The van der Waals surface area contributed by atoms with Gasteiger partial charge in [0, 0.05) is 18.3 Å². The minimum absolute atomic E-state index is 0.301. The largest absolute Gasteiger partial charge is 0.478 e. The Morgan fingerprint density at radius 2 is 1.90 bits per heavy atom. The quantitative estimate of drug-likeness (QED) is 0.877. The molecule has 5 heteroatoms. The number of rotatable bonds is 6. The van der Waals surface area contributed by atoms with Crippen LogP contribution in [0.1, 0.15) is 18.2 Å². The van der Waals surface area contributed by atoms with Crippen molar-refractivity contribution in [3.05, 3.63) is 41.6 Å². The molecule has 0 aliphatic rings. The maximum atomic E-state index is 5.66. The van der Waals surface area contributed by atoms with Crippen LogP contribution in [0.15, 0.2) is 30.3 Å². The smallest absolute Gasteiger partial charge is 0.325 e. The summed E-state index contributed by atoms with van der Waals surface area (Å²) in [7, 11) is 1.92. The molecule has 0 amide bonds. The third-order valence-electron chi connectivity index (χ3n) is 2.62. The van der Waals surface area contributed by atoms with Crippen molar-refractivity contribution in [2.24, 2.45) is 0 Å². The second-order valence-corrected chi connectivity index (χ2v) is 4.34. The van der Waals surface area contributed by atoms with E-state index in [1.807, 2.05) is 45.2 Å². The lowest BCUT2D eigenvalue weighted by Crippen LogP contribution is -2.04. The first-order valence-corrected chi connectivity index (χ1v) is 6.61. The zero-order valence-electron chi connectivity index (χ0n) is 12.0. The van der Waals surface area contributed by atoms with Crippen LogP contribution in [0, 0.1) is 6.92 Å². The van der Waals surface area contributed by atoms with Gasteiger partial charge < -0.3 is 14.8 Å². The topological polar surface area (TPSA) is 56.3 Å². The molecule has 2 aromatic rings. The summed E-state index contributed by atoms with van der Waals surface area (Å²) in [6.45, 7) is 5.19. The molecule has 0 atom stereocenters. The number of benzene rings is 1. The van der Waals surface area contributed by atoms with Crippen molar-refractivity contribution in [1.29, 1.82) is 0 Å². The molecule has 0 saturated carbocycles. The first-order valence-electron chi connectivity index (χ1n) is 6.61. The molecule has 5 nitrogen and oxygen atoms in total. The number of ether oxygens (including phenoxy) is 2. The van der Waals surface area contributed by atoms with Crippen molar-refractivity contribution in [3.63, 3.8) is 0 Å². The third-order valence-corrected chi connectivity index (χ3v) is 2.62. The van der Waals surface area contributed by atoms with Crippen LogP contribution in [0.5, 0.6) is 17.6 Å². The van der Waals surface area contributed by atoms with E-state index in [1.165, 1.54) is 5.56 Å². The number of nitrogens with zero attached hydrogens (tertiary/aromatic N) is 2. The van der Waals surface area contributed by atoms with Gasteiger partial charge in [-0.3, -0.25) is 0 Å². The van der Waals surface area contributed by atoms with Gasteiger partial charge in [0.15, 0.2) is 0 Å². The summed E-state index contributed by atoms with van der Waals surface area (Å²) in [6, 6.07) is 9.90. The monoisotopic (exact) mass is 273 g/mol. The average molecular weight is 273 g/mol. The summed E-state index contributed by atoms with van der Waals surface area (Å²) >= 11 is 0. The van der Waals surface area contributed by atoms with E-state index >= 15 is 0 Å². The second kappa shape index (κ2) is 6.86. The Morgan fingerprint density at radius 3 is 2.55 bits per heavy atom. The Morgan fingerprint density at radius 1 is 1.15 bits per heavy atom. The number of aryl methyl sites for hydroxylation is 1. The summed E-state index contributed by atoms with van der Waals surface area (Å²) in [6.07, 6.45) is 0.